The van der Waals surface area contributed by atoms with E-state index in [4.69, 9.17) is 14.5 Å². The van der Waals surface area contributed by atoms with E-state index in [1.165, 1.54) is 0 Å². The smallest absolute Gasteiger partial charge is 0.330 e. The number of hydrogen-bond acceptors (Lipinski definition) is 4. The molecule has 0 aliphatic rings. The predicted octanol–water partition coefficient (Wildman–Crippen LogP) is 4.66. The van der Waals surface area contributed by atoms with Gasteiger partial charge in [-0.25, -0.2) is 4.79 Å². The van der Waals surface area contributed by atoms with Gasteiger partial charge in [-0.2, -0.15) is 0 Å². The molecule has 1 atom stereocenters. The first-order valence-corrected chi connectivity index (χ1v) is 9.40. The highest BCUT2D eigenvalue weighted by Gasteiger charge is 2.22. The number of hydrogen-bond donors (Lipinski definition) is 0. The van der Waals surface area contributed by atoms with Crippen molar-refractivity contribution in [2.24, 2.45) is 4.99 Å². The molecule has 1 unspecified atom stereocenters. The van der Waals surface area contributed by atoms with Crippen molar-refractivity contribution in [2.45, 2.75) is 45.8 Å². The topological polar surface area (TPSA) is 47.9 Å². The van der Waals surface area contributed by atoms with E-state index >= 15 is 0 Å². The highest BCUT2D eigenvalue weighted by Crippen LogP contribution is 2.15. The van der Waals surface area contributed by atoms with E-state index in [0.717, 1.165) is 16.8 Å². The van der Waals surface area contributed by atoms with Crippen LogP contribution >= 0.6 is 0 Å². The summed E-state index contributed by atoms with van der Waals surface area (Å²) in [5.74, 6) is -0.320. The Labute approximate surface area is 162 Å². The largest absolute Gasteiger partial charge is 0.464 e. The van der Waals surface area contributed by atoms with E-state index in [-0.39, 0.29) is 11.6 Å². The standard InChI is InChI=1S/C23H29NO3/c1-5-26-22(25)20(16-17-27-23(2,3)4)24-21(18-12-8-6-9-13-18)19-14-10-7-11-15-19/h6-15,20H,5,16-17H2,1-4H3. The van der Waals surface area contributed by atoms with E-state index in [0.29, 0.717) is 19.6 Å². The van der Waals surface area contributed by atoms with Gasteiger partial charge in [0.1, 0.15) is 0 Å². The lowest BCUT2D eigenvalue weighted by atomic mass is 10.0. The second-order valence-corrected chi connectivity index (χ2v) is 7.23. The van der Waals surface area contributed by atoms with E-state index in [2.05, 4.69) is 0 Å². The highest BCUT2D eigenvalue weighted by molar-refractivity contribution is 6.13. The molecular formula is C23H29NO3. The lowest BCUT2D eigenvalue weighted by molar-refractivity contribution is -0.145. The average molecular weight is 367 g/mol. The minimum Gasteiger partial charge on any atom is -0.464 e. The first kappa shape index (κ1) is 20.8. The van der Waals surface area contributed by atoms with Crippen LogP contribution in [0, 0.1) is 0 Å². The zero-order valence-electron chi connectivity index (χ0n) is 16.6. The van der Waals surface area contributed by atoms with Gasteiger partial charge in [-0.1, -0.05) is 60.7 Å². The predicted molar refractivity (Wildman–Crippen MR) is 109 cm³/mol. The Morgan fingerprint density at radius 1 is 0.963 bits per heavy atom. The minimum absolute atomic E-state index is 0.259. The summed E-state index contributed by atoms with van der Waals surface area (Å²) in [4.78, 5) is 17.3. The van der Waals surface area contributed by atoms with Gasteiger partial charge in [0.25, 0.3) is 0 Å². The van der Waals surface area contributed by atoms with Crippen molar-refractivity contribution in [1.82, 2.24) is 0 Å². The van der Waals surface area contributed by atoms with E-state index < -0.39 is 6.04 Å². The highest BCUT2D eigenvalue weighted by atomic mass is 16.5. The Bertz CT molecular complexity index is 692. The normalized spacial score (nSPS) is 12.3. The molecule has 27 heavy (non-hydrogen) atoms. The average Bonchev–Trinajstić information content (AvgIpc) is 2.65. The molecule has 0 heterocycles. The number of aliphatic imine (C=N–C) groups is 1. The third-order valence-electron chi connectivity index (χ3n) is 3.86. The van der Waals surface area contributed by atoms with Crippen LogP contribution in [0.15, 0.2) is 65.7 Å². The number of esters is 1. The van der Waals surface area contributed by atoms with Crippen LogP contribution in [0.3, 0.4) is 0 Å². The molecule has 0 saturated heterocycles. The molecule has 0 radical (unpaired) electrons. The van der Waals surface area contributed by atoms with Gasteiger partial charge in [-0.3, -0.25) is 4.99 Å². The molecule has 0 amide bonds. The van der Waals surface area contributed by atoms with Gasteiger partial charge >= 0.3 is 5.97 Å². The second kappa shape index (κ2) is 10.0. The molecule has 144 valence electrons. The molecule has 4 heteroatoms. The maximum Gasteiger partial charge on any atom is 0.330 e. The van der Waals surface area contributed by atoms with Crippen LogP contribution in [0.1, 0.15) is 45.2 Å². The van der Waals surface area contributed by atoms with Crippen molar-refractivity contribution in [3.8, 4) is 0 Å². The van der Waals surface area contributed by atoms with Crippen LogP contribution in [-0.4, -0.2) is 36.5 Å². The maximum absolute atomic E-state index is 12.5. The van der Waals surface area contributed by atoms with Crippen molar-refractivity contribution < 1.29 is 14.3 Å². The van der Waals surface area contributed by atoms with Gasteiger partial charge in [0, 0.05) is 24.2 Å². The van der Waals surface area contributed by atoms with Crippen molar-refractivity contribution >= 4 is 11.7 Å². The molecule has 4 nitrogen and oxygen atoms in total. The number of ether oxygens (including phenoxy) is 2. The number of rotatable bonds is 8. The third-order valence-corrected chi connectivity index (χ3v) is 3.86. The molecule has 0 aliphatic carbocycles. The first-order valence-electron chi connectivity index (χ1n) is 9.40. The Hall–Kier alpha value is -2.46. The van der Waals surface area contributed by atoms with Gasteiger partial charge in [0.05, 0.1) is 17.9 Å². The van der Waals surface area contributed by atoms with Crippen LogP contribution in [-0.2, 0) is 14.3 Å². The molecule has 0 aromatic heterocycles. The van der Waals surface area contributed by atoms with E-state index in [1.54, 1.807) is 6.92 Å². The summed E-state index contributed by atoms with van der Waals surface area (Å²) in [5.41, 5.74) is 2.46. The Morgan fingerprint density at radius 3 is 1.93 bits per heavy atom. The summed E-state index contributed by atoms with van der Waals surface area (Å²) in [6.07, 6.45) is 0.471. The third kappa shape index (κ3) is 6.99. The molecule has 2 aromatic rings. The fourth-order valence-electron chi connectivity index (χ4n) is 2.61. The van der Waals surface area contributed by atoms with Crippen LogP contribution in [0.5, 0.6) is 0 Å². The van der Waals surface area contributed by atoms with Crippen LogP contribution in [0.4, 0.5) is 0 Å². The lowest BCUT2D eigenvalue weighted by Gasteiger charge is -2.21. The molecule has 0 spiro atoms. The Balaban J connectivity index is 2.36. The molecule has 0 fully saturated rings. The summed E-state index contributed by atoms with van der Waals surface area (Å²) < 4.78 is 11.1. The summed E-state index contributed by atoms with van der Waals surface area (Å²) >= 11 is 0. The van der Waals surface area contributed by atoms with Crippen molar-refractivity contribution in [2.75, 3.05) is 13.2 Å². The van der Waals surface area contributed by atoms with Gasteiger partial charge in [-0.15, -0.1) is 0 Å². The van der Waals surface area contributed by atoms with Gasteiger partial charge in [0.2, 0.25) is 0 Å². The molecule has 0 saturated carbocycles. The quantitative estimate of drug-likeness (QED) is 0.503. The molecular weight excluding hydrogens is 338 g/mol. The lowest BCUT2D eigenvalue weighted by Crippen LogP contribution is -2.28. The molecule has 2 rings (SSSR count). The Morgan fingerprint density at radius 2 is 1.48 bits per heavy atom. The minimum atomic E-state index is -0.609. The zero-order chi connectivity index (χ0) is 19.7. The second-order valence-electron chi connectivity index (χ2n) is 7.23. The van der Waals surface area contributed by atoms with Gasteiger partial charge in [-0.05, 0) is 27.7 Å². The summed E-state index contributed by atoms with van der Waals surface area (Å²) in [6, 6.07) is 19.2. The zero-order valence-corrected chi connectivity index (χ0v) is 16.6. The van der Waals surface area contributed by atoms with Crippen molar-refractivity contribution in [3.05, 3.63) is 71.8 Å². The molecule has 0 N–H and O–H groups in total. The summed E-state index contributed by atoms with van der Waals surface area (Å²) in [6.45, 7) is 8.56. The fraction of sp³-hybridized carbons (Fsp3) is 0.391. The number of nitrogens with zero attached hydrogens (tertiary/aromatic N) is 1. The SMILES string of the molecule is CCOC(=O)C(CCOC(C)(C)C)N=C(c1ccccc1)c1ccccc1. The van der Waals surface area contributed by atoms with Gasteiger partial charge < -0.3 is 9.47 Å². The fourth-order valence-corrected chi connectivity index (χ4v) is 2.61. The van der Waals surface area contributed by atoms with Crippen molar-refractivity contribution in [3.63, 3.8) is 0 Å². The monoisotopic (exact) mass is 367 g/mol. The van der Waals surface area contributed by atoms with Crippen LogP contribution in [0.2, 0.25) is 0 Å². The van der Waals surface area contributed by atoms with Crippen LogP contribution in [0.25, 0.3) is 0 Å². The molecule has 2 aromatic carbocycles. The number of carbonyl (C=O) groups excluding carboxylic acids is 1. The molecule has 0 bridgehead atoms. The summed E-state index contributed by atoms with van der Waals surface area (Å²) in [7, 11) is 0. The molecule has 0 aliphatic heterocycles. The maximum atomic E-state index is 12.5. The van der Waals surface area contributed by atoms with E-state index in [1.807, 2.05) is 81.4 Å². The van der Waals surface area contributed by atoms with Crippen molar-refractivity contribution in [1.29, 1.82) is 0 Å². The number of benzene rings is 2. The van der Waals surface area contributed by atoms with Crippen LogP contribution < -0.4 is 0 Å². The van der Waals surface area contributed by atoms with E-state index in [9.17, 15) is 4.79 Å². The first-order chi connectivity index (χ1) is 12.9. The Kier molecular flexibility index (Phi) is 7.74. The van der Waals surface area contributed by atoms with Gasteiger partial charge in [0.15, 0.2) is 6.04 Å². The summed E-state index contributed by atoms with van der Waals surface area (Å²) in [5, 5.41) is 0. The number of carbonyl (C=O) groups is 1.